The first kappa shape index (κ1) is 20.8. The van der Waals surface area contributed by atoms with Crippen LogP contribution in [0, 0.1) is 19.8 Å². The average Bonchev–Trinajstić information content (AvgIpc) is 3.12. The topological polar surface area (TPSA) is 50.1 Å². The van der Waals surface area contributed by atoms with E-state index in [9.17, 15) is 0 Å². The number of benzene rings is 1. The lowest BCUT2D eigenvalue weighted by Gasteiger charge is -2.41. The highest BCUT2D eigenvalue weighted by molar-refractivity contribution is 5.56. The molecule has 1 fully saturated rings. The third-order valence-electron chi connectivity index (χ3n) is 5.79. The normalized spacial score (nSPS) is 17.4. The third kappa shape index (κ3) is 4.37. The highest BCUT2D eigenvalue weighted by Crippen LogP contribution is 2.31. The number of rotatable bonds is 5. The molecular formula is C22H36N6. The van der Waals surface area contributed by atoms with E-state index in [0.717, 1.165) is 38.4 Å². The molecule has 1 aromatic carbocycles. The summed E-state index contributed by atoms with van der Waals surface area (Å²) in [4.78, 5) is 5.10. The van der Waals surface area contributed by atoms with Crippen molar-refractivity contribution in [2.75, 3.05) is 31.1 Å². The van der Waals surface area contributed by atoms with Gasteiger partial charge in [-0.1, -0.05) is 26.0 Å². The minimum Gasteiger partial charge on any atom is -0.369 e. The van der Waals surface area contributed by atoms with Gasteiger partial charge in [0.25, 0.3) is 0 Å². The van der Waals surface area contributed by atoms with Crippen LogP contribution in [0.3, 0.4) is 0 Å². The summed E-state index contributed by atoms with van der Waals surface area (Å²) in [5.41, 5.74) is 4.02. The van der Waals surface area contributed by atoms with Crippen molar-refractivity contribution in [3.63, 3.8) is 0 Å². The summed E-state index contributed by atoms with van der Waals surface area (Å²) in [6.45, 7) is 19.6. The maximum absolute atomic E-state index is 4.46. The summed E-state index contributed by atoms with van der Waals surface area (Å²) in [5.74, 6) is 1.59. The quantitative estimate of drug-likeness (QED) is 0.781. The number of nitrogens with zero attached hydrogens (tertiary/aromatic N) is 6. The molecule has 0 saturated carbocycles. The van der Waals surface area contributed by atoms with Crippen LogP contribution in [0.5, 0.6) is 0 Å². The number of anilines is 1. The van der Waals surface area contributed by atoms with Crippen LogP contribution < -0.4 is 4.90 Å². The Morgan fingerprint density at radius 3 is 2.32 bits per heavy atom. The number of hydrogen-bond donors (Lipinski definition) is 0. The van der Waals surface area contributed by atoms with Crippen molar-refractivity contribution in [2.45, 2.75) is 66.5 Å². The molecule has 1 atom stereocenters. The fourth-order valence-corrected chi connectivity index (χ4v) is 4.10. The van der Waals surface area contributed by atoms with E-state index in [1.165, 1.54) is 16.8 Å². The van der Waals surface area contributed by atoms with Crippen LogP contribution in [-0.2, 0) is 5.54 Å². The summed E-state index contributed by atoms with van der Waals surface area (Å²) < 4.78 is 2.01. The molecule has 0 bridgehead atoms. The molecule has 0 unspecified atom stereocenters. The molecule has 1 saturated heterocycles. The second-order valence-corrected chi connectivity index (χ2v) is 9.51. The van der Waals surface area contributed by atoms with Gasteiger partial charge < -0.3 is 4.90 Å². The Morgan fingerprint density at radius 2 is 1.71 bits per heavy atom. The largest absolute Gasteiger partial charge is 0.369 e. The van der Waals surface area contributed by atoms with Gasteiger partial charge in [-0.15, -0.1) is 5.10 Å². The fourth-order valence-electron chi connectivity index (χ4n) is 4.10. The Balaban J connectivity index is 1.79. The molecule has 6 nitrogen and oxygen atoms in total. The van der Waals surface area contributed by atoms with Crippen LogP contribution in [0.25, 0.3) is 0 Å². The number of aromatic nitrogens is 4. The highest BCUT2D eigenvalue weighted by Gasteiger charge is 2.32. The van der Waals surface area contributed by atoms with E-state index in [1.807, 2.05) is 4.68 Å². The van der Waals surface area contributed by atoms with Crippen LogP contribution >= 0.6 is 0 Å². The Bertz CT molecular complexity index is 781. The average molecular weight is 385 g/mol. The van der Waals surface area contributed by atoms with E-state index in [1.54, 1.807) is 0 Å². The van der Waals surface area contributed by atoms with Crippen molar-refractivity contribution in [3.05, 3.63) is 35.2 Å². The summed E-state index contributed by atoms with van der Waals surface area (Å²) in [6, 6.07) is 6.88. The Morgan fingerprint density at radius 1 is 1.04 bits per heavy atom. The van der Waals surface area contributed by atoms with E-state index < -0.39 is 0 Å². The van der Waals surface area contributed by atoms with E-state index in [4.69, 9.17) is 0 Å². The van der Waals surface area contributed by atoms with Crippen molar-refractivity contribution >= 4 is 5.69 Å². The van der Waals surface area contributed by atoms with E-state index in [2.05, 4.69) is 92.0 Å². The molecule has 154 valence electrons. The smallest absolute Gasteiger partial charge is 0.168 e. The third-order valence-corrected chi connectivity index (χ3v) is 5.79. The van der Waals surface area contributed by atoms with E-state index >= 15 is 0 Å². The van der Waals surface area contributed by atoms with Crippen molar-refractivity contribution in [2.24, 2.45) is 5.92 Å². The van der Waals surface area contributed by atoms with Gasteiger partial charge >= 0.3 is 0 Å². The minimum atomic E-state index is -0.117. The van der Waals surface area contributed by atoms with Crippen molar-refractivity contribution in [3.8, 4) is 0 Å². The summed E-state index contributed by atoms with van der Waals surface area (Å²) >= 11 is 0. The zero-order valence-electron chi connectivity index (χ0n) is 18.6. The molecule has 3 rings (SSSR count). The van der Waals surface area contributed by atoms with Crippen LogP contribution in [-0.4, -0.2) is 51.3 Å². The molecule has 1 aliphatic heterocycles. The highest BCUT2D eigenvalue weighted by atomic mass is 15.6. The first-order chi connectivity index (χ1) is 13.2. The van der Waals surface area contributed by atoms with Crippen molar-refractivity contribution < 1.29 is 0 Å². The molecule has 0 radical (unpaired) electrons. The Labute approximate surface area is 169 Å². The van der Waals surface area contributed by atoms with E-state index in [-0.39, 0.29) is 11.6 Å². The lowest BCUT2D eigenvalue weighted by Crippen LogP contribution is -2.49. The van der Waals surface area contributed by atoms with Crippen molar-refractivity contribution in [1.82, 2.24) is 25.1 Å². The minimum absolute atomic E-state index is 0.117. The summed E-state index contributed by atoms with van der Waals surface area (Å²) in [5, 5.41) is 12.8. The second-order valence-electron chi connectivity index (χ2n) is 9.51. The fraction of sp³-hybridized carbons (Fsp3) is 0.682. The summed E-state index contributed by atoms with van der Waals surface area (Å²) in [6.07, 6.45) is 1.07. The number of aryl methyl sites for hydroxylation is 1. The van der Waals surface area contributed by atoms with Gasteiger partial charge in [0.05, 0.1) is 11.6 Å². The maximum Gasteiger partial charge on any atom is 0.168 e. The standard InChI is InChI=1S/C22H36N6/c1-16(2)15-20(21-23-24-25-28(21)22(5,6)7)27-13-11-26(12-14-27)19-10-8-9-17(3)18(19)4/h8-10,16,20H,11-15H2,1-7H3/t20-/m0/s1. The number of piperazine rings is 1. The van der Waals surface area contributed by atoms with Gasteiger partial charge in [0.1, 0.15) is 0 Å². The Hall–Kier alpha value is -1.95. The number of hydrogen-bond acceptors (Lipinski definition) is 5. The molecule has 1 aromatic heterocycles. The maximum atomic E-state index is 4.46. The van der Waals surface area contributed by atoms with Crippen LogP contribution in [0.15, 0.2) is 18.2 Å². The molecule has 0 spiro atoms. The first-order valence-corrected chi connectivity index (χ1v) is 10.5. The van der Waals surface area contributed by atoms with Gasteiger partial charge in [0, 0.05) is 31.9 Å². The molecule has 0 N–H and O–H groups in total. The molecule has 1 aliphatic rings. The molecular weight excluding hydrogens is 348 g/mol. The van der Waals surface area contributed by atoms with Gasteiger partial charge in [-0.25, -0.2) is 4.68 Å². The predicted molar refractivity (Wildman–Crippen MR) is 115 cm³/mol. The lowest BCUT2D eigenvalue weighted by molar-refractivity contribution is 0.146. The van der Waals surface area contributed by atoms with Crippen molar-refractivity contribution in [1.29, 1.82) is 0 Å². The zero-order chi connectivity index (χ0) is 20.5. The molecule has 6 heteroatoms. The Kier molecular flexibility index (Phi) is 6.08. The summed E-state index contributed by atoms with van der Waals surface area (Å²) in [7, 11) is 0. The van der Waals surface area contributed by atoms with E-state index in [0.29, 0.717) is 5.92 Å². The van der Waals surface area contributed by atoms with Gasteiger partial charge in [0.2, 0.25) is 0 Å². The zero-order valence-corrected chi connectivity index (χ0v) is 18.6. The molecule has 0 aliphatic carbocycles. The molecule has 0 amide bonds. The van der Waals surface area contributed by atoms with Gasteiger partial charge in [-0.3, -0.25) is 4.90 Å². The second kappa shape index (κ2) is 8.19. The first-order valence-electron chi connectivity index (χ1n) is 10.5. The molecule has 2 heterocycles. The lowest BCUT2D eigenvalue weighted by atomic mass is 9.99. The predicted octanol–water partition coefficient (Wildman–Crippen LogP) is 3.95. The van der Waals surface area contributed by atoms with Crippen LogP contribution in [0.1, 0.15) is 64.0 Å². The SMILES string of the molecule is Cc1cccc(N2CCN([C@@H](CC(C)C)c3nnnn3C(C)(C)C)CC2)c1C. The van der Waals surface area contributed by atoms with Crippen LogP contribution in [0.2, 0.25) is 0 Å². The van der Waals surface area contributed by atoms with Gasteiger partial charge in [0.15, 0.2) is 5.82 Å². The number of tetrazole rings is 1. The molecule has 2 aromatic rings. The molecule has 28 heavy (non-hydrogen) atoms. The van der Waals surface area contributed by atoms with Gasteiger partial charge in [-0.2, -0.15) is 0 Å². The monoisotopic (exact) mass is 384 g/mol. The van der Waals surface area contributed by atoms with Crippen LogP contribution in [0.4, 0.5) is 5.69 Å². The van der Waals surface area contributed by atoms with Gasteiger partial charge in [-0.05, 0) is 74.6 Å².